The maximum absolute atomic E-state index is 12.7. The van der Waals surface area contributed by atoms with Crippen molar-refractivity contribution in [3.05, 3.63) is 84.0 Å². The number of pyridine rings is 2. The number of aromatic nitrogens is 6. The summed E-state index contributed by atoms with van der Waals surface area (Å²) in [5, 5.41) is 9.39. The Balaban J connectivity index is 1.57. The highest BCUT2D eigenvalue weighted by Crippen LogP contribution is 2.16. The quantitative estimate of drug-likeness (QED) is 0.214. The van der Waals surface area contributed by atoms with Crippen LogP contribution >= 0.6 is 0 Å². The number of rotatable bonds is 7. The Morgan fingerprint density at radius 2 is 1.37 bits per heavy atom. The van der Waals surface area contributed by atoms with Gasteiger partial charge in [0, 0.05) is 18.6 Å². The largest absolute Gasteiger partial charge is 0.477 e. The van der Waals surface area contributed by atoms with Gasteiger partial charge in [-0.05, 0) is 45.0 Å². The summed E-state index contributed by atoms with van der Waals surface area (Å²) in [5.41, 5.74) is -0.211. The number of esters is 1. The molecule has 0 saturated carbocycles. The van der Waals surface area contributed by atoms with Crippen LogP contribution in [-0.2, 0) is 14.5 Å². The fourth-order valence-corrected chi connectivity index (χ4v) is 3.16. The van der Waals surface area contributed by atoms with Crippen LogP contribution in [-0.4, -0.2) is 64.2 Å². The van der Waals surface area contributed by atoms with Crippen LogP contribution in [0.5, 0.6) is 0 Å². The Labute approximate surface area is 214 Å². The van der Waals surface area contributed by atoms with Crippen molar-refractivity contribution < 1.29 is 38.8 Å². The molecule has 0 radical (unpaired) electrons. The molecule has 4 heterocycles. The van der Waals surface area contributed by atoms with Crippen LogP contribution in [0.3, 0.4) is 0 Å². The van der Waals surface area contributed by atoms with Gasteiger partial charge < -0.3 is 19.0 Å². The Morgan fingerprint density at radius 1 is 0.816 bits per heavy atom. The molecule has 0 bridgehead atoms. The normalized spacial score (nSPS) is 10.7. The Morgan fingerprint density at radius 3 is 1.87 bits per heavy atom. The molecule has 0 aliphatic heterocycles. The van der Waals surface area contributed by atoms with E-state index in [-0.39, 0.29) is 17.1 Å². The van der Waals surface area contributed by atoms with Gasteiger partial charge in [-0.1, -0.05) is 0 Å². The van der Waals surface area contributed by atoms with Crippen LogP contribution in [0.15, 0.2) is 55.5 Å². The summed E-state index contributed by atoms with van der Waals surface area (Å²) in [5.74, 6) is -4.63. The first-order valence-electron chi connectivity index (χ1n) is 11.0. The minimum atomic E-state index is -1.39. The average Bonchev–Trinajstić information content (AvgIpc) is 3.58. The van der Waals surface area contributed by atoms with Gasteiger partial charge in [-0.2, -0.15) is 0 Å². The van der Waals surface area contributed by atoms with Crippen molar-refractivity contribution in [3.63, 3.8) is 0 Å². The standard InChI is InChI=1S/C24H20N6O8/c1-13(2)36-22(33)18-7-15(29-5-4-25-11-29)8-20(28-18)24(35)38-37-23(34)19-9-16(6-17(27-19)21(31)32)30-10-14(3)26-12-30/h4-13H,1-3H3,(H,31,32). The Bertz CT molecular complexity index is 1530. The van der Waals surface area contributed by atoms with Crippen LogP contribution in [0, 0.1) is 6.92 Å². The molecule has 0 amide bonds. The van der Waals surface area contributed by atoms with Crippen LogP contribution in [0.4, 0.5) is 0 Å². The van der Waals surface area contributed by atoms with Crippen molar-refractivity contribution in [2.24, 2.45) is 0 Å². The predicted molar refractivity (Wildman–Crippen MR) is 126 cm³/mol. The lowest BCUT2D eigenvalue weighted by Gasteiger charge is -2.11. The van der Waals surface area contributed by atoms with Crippen LogP contribution in [0.25, 0.3) is 11.4 Å². The van der Waals surface area contributed by atoms with Gasteiger partial charge in [0.05, 0.1) is 35.8 Å². The van der Waals surface area contributed by atoms with E-state index in [1.54, 1.807) is 33.2 Å². The van der Waals surface area contributed by atoms with Crippen LogP contribution in [0.1, 0.15) is 61.5 Å². The number of ether oxygens (including phenoxy) is 1. The van der Waals surface area contributed by atoms with Crippen molar-refractivity contribution in [1.82, 2.24) is 29.1 Å². The van der Waals surface area contributed by atoms with E-state index < -0.39 is 41.4 Å². The zero-order valence-corrected chi connectivity index (χ0v) is 20.3. The molecule has 0 atom stereocenters. The lowest BCUT2D eigenvalue weighted by Crippen LogP contribution is -2.18. The summed E-state index contributed by atoms with van der Waals surface area (Å²) in [6, 6.07) is 5.14. The second-order valence-electron chi connectivity index (χ2n) is 8.08. The fourth-order valence-electron chi connectivity index (χ4n) is 3.16. The second-order valence-corrected chi connectivity index (χ2v) is 8.08. The molecule has 0 aromatic carbocycles. The molecule has 14 heteroatoms. The number of hydrogen-bond donors (Lipinski definition) is 1. The van der Waals surface area contributed by atoms with E-state index in [9.17, 15) is 24.3 Å². The fraction of sp³-hybridized carbons (Fsp3) is 0.167. The molecule has 194 valence electrons. The van der Waals surface area contributed by atoms with E-state index in [1.165, 1.54) is 52.3 Å². The Hall–Kier alpha value is -5.40. The van der Waals surface area contributed by atoms with Crippen molar-refractivity contribution >= 4 is 23.9 Å². The van der Waals surface area contributed by atoms with Crippen molar-refractivity contribution in [3.8, 4) is 11.4 Å². The van der Waals surface area contributed by atoms with Gasteiger partial charge in [-0.25, -0.2) is 48.9 Å². The minimum Gasteiger partial charge on any atom is -0.477 e. The van der Waals surface area contributed by atoms with E-state index in [2.05, 4.69) is 29.7 Å². The van der Waals surface area contributed by atoms with E-state index in [0.717, 1.165) is 0 Å². The van der Waals surface area contributed by atoms with Gasteiger partial charge in [0.15, 0.2) is 22.8 Å². The number of aromatic carboxylic acids is 1. The molecule has 4 rings (SSSR count). The number of hydrogen-bond acceptors (Lipinski definition) is 11. The molecule has 38 heavy (non-hydrogen) atoms. The summed E-state index contributed by atoms with van der Waals surface area (Å²) >= 11 is 0. The third-order valence-electron chi connectivity index (χ3n) is 4.81. The summed E-state index contributed by atoms with van der Waals surface area (Å²) in [6.07, 6.45) is 7.08. The van der Waals surface area contributed by atoms with Crippen LogP contribution in [0.2, 0.25) is 0 Å². The van der Waals surface area contributed by atoms with Gasteiger partial charge in [0.1, 0.15) is 0 Å². The van der Waals surface area contributed by atoms with Crippen molar-refractivity contribution in [2.45, 2.75) is 26.9 Å². The lowest BCUT2D eigenvalue weighted by molar-refractivity contribution is -0.188. The number of carbonyl (C=O) groups excluding carboxylic acids is 3. The van der Waals surface area contributed by atoms with E-state index >= 15 is 0 Å². The molecular weight excluding hydrogens is 500 g/mol. The number of nitrogens with zero attached hydrogens (tertiary/aromatic N) is 6. The van der Waals surface area contributed by atoms with E-state index in [0.29, 0.717) is 11.4 Å². The first kappa shape index (κ1) is 25.7. The van der Waals surface area contributed by atoms with E-state index in [4.69, 9.17) is 4.74 Å². The molecule has 4 aromatic rings. The van der Waals surface area contributed by atoms with Gasteiger partial charge in [-0.15, -0.1) is 0 Å². The average molecular weight is 520 g/mol. The number of carbonyl (C=O) groups is 4. The van der Waals surface area contributed by atoms with Gasteiger partial charge in [0.25, 0.3) is 0 Å². The van der Waals surface area contributed by atoms with Gasteiger partial charge in [0.2, 0.25) is 0 Å². The third-order valence-corrected chi connectivity index (χ3v) is 4.81. The summed E-state index contributed by atoms with van der Waals surface area (Å²) in [6.45, 7) is 5.03. The lowest BCUT2D eigenvalue weighted by atomic mass is 10.2. The monoisotopic (exact) mass is 520 g/mol. The van der Waals surface area contributed by atoms with Crippen molar-refractivity contribution in [2.75, 3.05) is 0 Å². The summed E-state index contributed by atoms with van der Waals surface area (Å²) in [7, 11) is 0. The highest BCUT2D eigenvalue weighted by molar-refractivity contribution is 5.94. The number of carboxylic acids is 1. The number of imidazole rings is 2. The zero-order chi connectivity index (χ0) is 27.4. The molecule has 1 N–H and O–H groups in total. The molecule has 14 nitrogen and oxygen atoms in total. The smallest absolute Gasteiger partial charge is 0.404 e. The van der Waals surface area contributed by atoms with Crippen LogP contribution < -0.4 is 0 Å². The maximum atomic E-state index is 12.7. The zero-order valence-electron chi connectivity index (χ0n) is 20.3. The number of carboxylic acid groups (broad SMARTS) is 1. The molecule has 0 unspecified atom stereocenters. The third kappa shape index (κ3) is 5.87. The molecule has 0 spiro atoms. The molecular formula is C24H20N6O8. The van der Waals surface area contributed by atoms with E-state index in [1.807, 2.05) is 0 Å². The Kier molecular flexibility index (Phi) is 7.23. The minimum absolute atomic E-state index is 0.195. The maximum Gasteiger partial charge on any atom is 0.404 e. The summed E-state index contributed by atoms with van der Waals surface area (Å²) in [4.78, 5) is 74.2. The molecule has 0 aliphatic rings. The van der Waals surface area contributed by atoms with Gasteiger partial charge in [-0.3, -0.25) is 0 Å². The molecule has 0 fully saturated rings. The number of aryl methyl sites for hydroxylation is 1. The molecule has 4 aromatic heterocycles. The topological polar surface area (TPSA) is 178 Å². The van der Waals surface area contributed by atoms with Crippen molar-refractivity contribution in [1.29, 1.82) is 0 Å². The first-order chi connectivity index (χ1) is 18.1. The summed E-state index contributed by atoms with van der Waals surface area (Å²) < 4.78 is 8.15. The highest BCUT2D eigenvalue weighted by atomic mass is 17.2. The van der Waals surface area contributed by atoms with Gasteiger partial charge >= 0.3 is 23.9 Å². The SMILES string of the molecule is Cc1cn(-c2cc(C(=O)O)nc(C(=O)OOC(=O)c3cc(-n4ccnc4)cc(C(=O)OC(C)C)n3)c2)cn1. The molecule has 0 aliphatic carbocycles. The predicted octanol–water partition coefficient (Wildman–Crippen LogP) is 2.35. The molecule has 0 saturated heterocycles. The highest BCUT2D eigenvalue weighted by Gasteiger charge is 2.22. The first-order valence-corrected chi connectivity index (χ1v) is 11.0. The second kappa shape index (κ2) is 10.7.